The van der Waals surface area contributed by atoms with E-state index in [1.807, 2.05) is 54.9 Å². The number of H-pyrrole nitrogens is 2. The van der Waals surface area contributed by atoms with E-state index >= 15 is 0 Å². The van der Waals surface area contributed by atoms with Crippen LogP contribution in [0.15, 0.2) is 104 Å². The Kier molecular flexibility index (Phi) is 5.84. The monoisotopic (exact) mass is 508 g/mol. The summed E-state index contributed by atoms with van der Waals surface area (Å²) in [6.07, 6.45) is 7.31. The highest BCUT2D eigenvalue weighted by Gasteiger charge is 2.16. The topological polar surface area (TPSA) is 108 Å². The van der Waals surface area contributed by atoms with Crippen molar-refractivity contribution in [3.63, 3.8) is 0 Å². The van der Waals surface area contributed by atoms with Gasteiger partial charge >= 0.3 is 0 Å². The molecule has 0 radical (unpaired) electrons. The number of hydrogen-bond donors (Lipinski definition) is 3. The summed E-state index contributed by atoms with van der Waals surface area (Å²) in [5, 5.41) is 12.2. The van der Waals surface area contributed by atoms with Gasteiger partial charge in [-0.3, -0.25) is 20.1 Å². The number of hydrogen-bond acceptors (Lipinski definition) is 6. The van der Waals surface area contributed by atoms with Crippen molar-refractivity contribution in [1.82, 2.24) is 40.4 Å². The molecule has 39 heavy (non-hydrogen) atoms. The minimum Gasteiger partial charge on any atom is -0.353 e. The molecular weight excluding hydrogens is 484 g/mol. The highest BCUT2D eigenvalue weighted by atomic mass is 15.1. The van der Waals surface area contributed by atoms with E-state index in [9.17, 15) is 0 Å². The molecule has 0 fully saturated rings. The zero-order valence-electron chi connectivity index (χ0n) is 21.0. The van der Waals surface area contributed by atoms with E-state index in [4.69, 9.17) is 4.98 Å². The number of benzene rings is 1. The van der Waals surface area contributed by atoms with Gasteiger partial charge in [0, 0.05) is 54.3 Å². The minimum absolute atomic E-state index is 0.719. The van der Waals surface area contributed by atoms with E-state index < -0.39 is 0 Å². The fraction of sp³-hybridized carbons (Fsp3) is 0.0645. The molecule has 0 aliphatic heterocycles. The number of nitrogens with zero attached hydrogens (tertiary/aromatic N) is 5. The largest absolute Gasteiger partial charge is 0.353 e. The molecule has 8 nitrogen and oxygen atoms in total. The normalized spacial score (nSPS) is 11.4. The number of aromatic nitrogens is 7. The summed E-state index contributed by atoms with van der Waals surface area (Å²) in [6.45, 7) is 1.52. The van der Waals surface area contributed by atoms with Crippen molar-refractivity contribution in [2.24, 2.45) is 0 Å². The zero-order valence-corrected chi connectivity index (χ0v) is 21.0. The Bertz CT molecular complexity index is 1890. The van der Waals surface area contributed by atoms with Crippen LogP contribution in [0, 0.1) is 0 Å². The summed E-state index contributed by atoms with van der Waals surface area (Å²) in [5.41, 5.74) is 10.0. The molecule has 0 spiro atoms. The minimum atomic E-state index is 0.719. The number of fused-ring (bicyclic) bond motifs is 2. The molecule has 7 aromatic rings. The van der Waals surface area contributed by atoms with Crippen molar-refractivity contribution in [3.8, 4) is 34.0 Å². The van der Waals surface area contributed by atoms with Crippen molar-refractivity contribution in [1.29, 1.82) is 0 Å². The second-order valence-electron chi connectivity index (χ2n) is 9.35. The molecule has 6 aromatic heterocycles. The van der Waals surface area contributed by atoms with Crippen LogP contribution in [0.5, 0.6) is 0 Å². The van der Waals surface area contributed by atoms with Crippen LogP contribution in [0.2, 0.25) is 0 Å². The van der Waals surface area contributed by atoms with Crippen molar-refractivity contribution in [3.05, 3.63) is 115 Å². The van der Waals surface area contributed by atoms with Crippen molar-refractivity contribution in [2.45, 2.75) is 13.1 Å². The van der Waals surface area contributed by atoms with Crippen LogP contribution >= 0.6 is 0 Å². The molecule has 0 amide bonds. The number of rotatable bonds is 7. The Hall–Kier alpha value is -5.21. The Morgan fingerprint density at radius 1 is 0.692 bits per heavy atom. The van der Waals surface area contributed by atoms with Gasteiger partial charge in [-0.2, -0.15) is 5.10 Å². The van der Waals surface area contributed by atoms with Gasteiger partial charge in [0.05, 0.1) is 28.3 Å². The maximum atomic E-state index is 5.00. The van der Waals surface area contributed by atoms with Gasteiger partial charge in [0.2, 0.25) is 0 Å². The summed E-state index contributed by atoms with van der Waals surface area (Å²) in [5.74, 6) is 0. The van der Waals surface area contributed by atoms with Crippen LogP contribution in [0.25, 0.3) is 56.0 Å². The van der Waals surface area contributed by atoms with Crippen LogP contribution < -0.4 is 5.32 Å². The van der Waals surface area contributed by atoms with Gasteiger partial charge in [-0.15, -0.1) is 0 Å². The summed E-state index contributed by atoms with van der Waals surface area (Å²) < 4.78 is 0. The summed E-state index contributed by atoms with van der Waals surface area (Å²) in [7, 11) is 0. The van der Waals surface area contributed by atoms with Gasteiger partial charge in [-0.05, 0) is 53.6 Å². The fourth-order valence-electron chi connectivity index (χ4n) is 4.81. The smallest absolute Gasteiger partial charge is 0.135 e. The second kappa shape index (κ2) is 9.92. The van der Waals surface area contributed by atoms with E-state index in [0.717, 1.165) is 74.6 Å². The molecule has 0 unspecified atom stereocenters. The van der Waals surface area contributed by atoms with Crippen LogP contribution in [-0.2, 0) is 13.1 Å². The highest BCUT2D eigenvalue weighted by Crippen LogP contribution is 2.32. The lowest BCUT2D eigenvalue weighted by atomic mass is 10.1. The quantitative estimate of drug-likeness (QED) is 0.247. The summed E-state index contributed by atoms with van der Waals surface area (Å²) in [6, 6.07) is 26.4. The molecule has 0 saturated heterocycles. The number of pyridine rings is 4. The fourth-order valence-corrected chi connectivity index (χ4v) is 4.81. The zero-order chi connectivity index (χ0) is 26.0. The standard InChI is InChI=1S/C31H24N8/c1-2-6-20(7-3-1)16-32-17-21-14-22(19-33-18-21)24-9-10-27-30(37-24)31(39-38-27)28-15-23-25(36-28)11-13-35-29(23)26-8-4-5-12-34-26/h1-15,18-19,32,36H,16-17H2,(H,38,39). The average molecular weight is 509 g/mol. The Balaban J connectivity index is 1.20. The van der Waals surface area contributed by atoms with E-state index in [0.29, 0.717) is 0 Å². The lowest BCUT2D eigenvalue weighted by molar-refractivity contribution is 0.691. The first-order valence-corrected chi connectivity index (χ1v) is 12.8. The number of aromatic amines is 2. The highest BCUT2D eigenvalue weighted by molar-refractivity contribution is 5.98. The van der Waals surface area contributed by atoms with Crippen LogP contribution in [0.4, 0.5) is 0 Å². The van der Waals surface area contributed by atoms with E-state index in [2.05, 4.69) is 71.8 Å². The summed E-state index contributed by atoms with van der Waals surface area (Å²) in [4.78, 5) is 22.1. The van der Waals surface area contributed by atoms with Crippen molar-refractivity contribution in [2.75, 3.05) is 0 Å². The molecule has 0 bridgehead atoms. The summed E-state index contributed by atoms with van der Waals surface area (Å²) >= 11 is 0. The Morgan fingerprint density at radius 2 is 1.59 bits per heavy atom. The lowest BCUT2D eigenvalue weighted by Gasteiger charge is -2.07. The van der Waals surface area contributed by atoms with E-state index in [1.165, 1.54) is 5.56 Å². The molecule has 3 N–H and O–H groups in total. The molecule has 188 valence electrons. The first kappa shape index (κ1) is 22.9. The van der Waals surface area contributed by atoms with E-state index in [-0.39, 0.29) is 0 Å². The third-order valence-electron chi connectivity index (χ3n) is 6.71. The predicted molar refractivity (Wildman–Crippen MR) is 152 cm³/mol. The number of nitrogens with one attached hydrogen (secondary N) is 3. The maximum absolute atomic E-state index is 5.00. The third-order valence-corrected chi connectivity index (χ3v) is 6.71. The molecular formula is C31H24N8. The van der Waals surface area contributed by atoms with Gasteiger partial charge in [-0.25, -0.2) is 4.98 Å². The van der Waals surface area contributed by atoms with Crippen molar-refractivity contribution < 1.29 is 0 Å². The van der Waals surface area contributed by atoms with Gasteiger partial charge in [0.25, 0.3) is 0 Å². The first-order chi connectivity index (χ1) is 19.3. The van der Waals surface area contributed by atoms with Gasteiger partial charge in [0.1, 0.15) is 11.2 Å². The Morgan fingerprint density at radius 3 is 2.49 bits per heavy atom. The molecule has 6 heterocycles. The van der Waals surface area contributed by atoms with Crippen molar-refractivity contribution >= 4 is 21.9 Å². The average Bonchev–Trinajstić information content (AvgIpc) is 3.62. The molecule has 0 aliphatic rings. The molecule has 0 atom stereocenters. The van der Waals surface area contributed by atoms with Gasteiger partial charge in [-0.1, -0.05) is 36.4 Å². The maximum Gasteiger partial charge on any atom is 0.135 e. The Labute approximate surface area is 224 Å². The molecule has 0 saturated carbocycles. The molecule has 1 aromatic carbocycles. The molecule has 8 heteroatoms. The van der Waals surface area contributed by atoms with Gasteiger partial charge in [0.15, 0.2) is 0 Å². The second-order valence-corrected chi connectivity index (χ2v) is 9.35. The SMILES string of the molecule is c1ccc(CNCc2cncc(-c3ccc4[nH]nc(-c5cc6c(-c7ccccn7)nccc6[nH]5)c4n3)c2)cc1. The predicted octanol–water partition coefficient (Wildman–Crippen LogP) is 5.92. The molecule has 0 aliphatic carbocycles. The van der Waals surface area contributed by atoms with Crippen LogP contribution in [-0.4, -0.2) is 35.1 Å². The third kappa shape index (κ3) is 4.54. The first-order valence-electron chi connectivity index (χ1n) is 12.8. The van der Waals surface area contributed by atoms with Crippen LogP contribution in [0.1, 0.15) is 11.1 Å². The van der Waals surface area contributed by atoms with Crippen LogP contribution in [0.3, 0.4) is 0 Å². The van der Waals surface area contributed by atoms with Gasteiger partial charge < -0.3 is 10.3 Å². The van der Waals surface area contributed by atoms with E-state index in [1.54, 1.807) is 12.4 Å². The lowest BCUT2D eigenvalue weighted by Crippen LogP contribution is -2.12. The molecule has 7 rings (SSSR count).